The lowest BCUT2D eigenvalue weighted by molar-refractivity contribution is -0.552. The molecule has 1 atom stereocenters. The molecule has 0 saturated carbocycles. The van der Waals surface area contributed by atoms with E-state index in [4.69, 9.17) is 10.5 Å². The monoisotopic (exact) mass is 285 g/mol. The molecule has 1 aromatic heterocycles. The third kappa shape index (κ3) is 2.57. The number of nitrogens with two attached hydrogens (primary N) is 1. The Hall–Kier alpha value is -2.47. The second kappa shape index (κ2) is 5.49. The molecule has 0 aliphatic carbocycles. The number of hydrogen-bond donors (Lipinski definition) is 2. The van der Waals surface area contributed by atoms with Gasteiger partial charge in [-0.15, -0.1) is 0 Å². The Morgan fingerprint density at radius 2 is 2.14 bits per heavy atom. The van der Waals surface area contributed by atoms with Crippen molar-refractivity contribution in [3.8, 4) is 17.0 Å². The van der Waals surface area contributed by atoms with E-state index in [1.165, 1.54) is 0 Å². The van der Waals surface area contributed by atoms with Gasteiger partial charge in [0.25, 0.3) is 0 Å². The van der Waals surface area contributed by atoms with Gasteiger partial charge in [0.05, 0.1) is 0 Å². The zero-order valence-corrected chi connectivity index (χ0v) is 11.7. The summed E-state index contributed by atoms with van der Waals surface area (Å²) in [6.07, 6.45) is 3.43. The lowest BCUT2D eigenvalue weighted by atomic mass is 10.1. The molecule has 0 fully saturated rings. The molecule has 0 saturated heterocycles. The van der Waals surface area contributed by atoms with Crippen LogP contribution in [-0.4, -0.2) is 30.1 Å². The molecule has 6 heteroatoms. The molecule has 1 unspecified atom stereocenters. The molecule has 3 rings (SSSR count). The van der Waals surface area contributed by atoms with Gasteiger partial charge in [0.15, 0.2) is 6.04 Å². The van der Waals surface area contributed by atoms with E-state index in [-0.39, 0.29) is 11.9 Å². The van der Waals surface area contributed by atoms with E-state index >= 15 is 0 Å². The van der Waals surface area contributed by atoms with Crippen LogP contribution in [0, 0.1) is 0 Å². The minimum Gasteiger partial charge on any atom is -0.492 e. The Morgan fingerprint density at radius 1 is 1.38 bits per heavy atom. The average Bonchev–Trinajstić information content (AvgIpc) is 2.80. The van der Waals surface area contributed by atoms with Crippen LogP contribution >= 0.6 is 0 Å². The molecule has 1 aromatic carbocycles. The van der Waals surface area contributed by atoms with Crippen LogP contribution in [0.1, 0.15) is 11.7 Å². The summed E-state index contributed by atoms with van der Waals surface area (Å²) in [7, 11) is 0. The number of benzene rings is 1. The van der Waals surface area contributed by atoms with Crippen LogP contribution in [0.2, 0.25) is 0 Å². The molecule has 3 N–H and O–H groups in total. The van der Waals surface area contributed by atoms with Crippen molar-refractivity contribution >= 4 is 11.7 Å². The molecule has 108 valence electrons. The van der Waals surface area contributed by atoms with Gasteiger partial charge in [0, 0.05) is 12.1 Å². The van der Waals surface area contributed by atoms with Crippen molar-refractivity contribution < 1.29 is 14.1 Å². The predicted octanol–water partition coefficient (Wildman–Crippen LogP) is 0.828. The van der Waals surface area contributed by atoms with E-state index in [1.54, 1.807) is 17.0 Å². The normalized spacial score (nSPS) is 16.5. The second-order valence-corrected chi connectivity index (χ2v) is 4.89. The van der Waals surface area contributed by atoms with Crippen LogP contribution in [0.15, 0.2) is 36.7 Å². The predicted molar refractivity (Wildman–Crippen MR) is 78.1 cm³/mol. The van der Waals surface area contributed by atoms with Crippen molar-refractivity contribution in [1.82, 2.24) is 4.98 Å². The maximum Gasteiger partial charge on any atom is 0.358 e. The van der Waals surface area contributed by atoms with Crippen LogP contribution in [0.4, 0.5) is 5.82 Å². The number of aromatic nitrogens is 2. The summed E-state index contributed by atoms with van der Waals surface area (Å²) in [5, 5.41) is 3.08. The third-order valence-corrected chi connectivity index (χ3v) is 3.35. The molecular weight excluding hydrogens is 268 g/mol. The van der Waals surface area contributed by atoms with E-state index in [9.17, 15) is 4.79 Å². The maximum absolute atomic E-state index is 12.0. The first-order valence-corrected chi connectivity index (χ1v) is 6.85. The number of ether oxygens (including phenoxy) is 1. The smallest absolute Gasteiger partial charge is 0.358 e. The Balaban J connectivity index is 1.86. The molecule has 2 heterocycles. The largest absolute Gasteiger partial charge is 0.492 e. The Morgan fingerprint density at radius 3 is 2.86 bits per heavy atom. The van der Waals surface area contributed by atoms with Gasteiger partial charge in [-0.2, -0.15) is 4.57 Å². The van der Waals surface area contributed by atoms with Gasteiger partial charge in [0.1, 0.15) is 30.4 Å². The molecule has 1 aliphatic rings. The van der Waals surface area contributed by atoms with Crippen LogP contribution in [-0.2, 0) is 0 Å². The topological polar surface area (TPSA) is 81.1 Å². The fraction of sp³-hybridized carbons (Fsp3) is 0.267. The van der Waals surface area contributed by atoms with Crippen LogP contribution in [0.3, 0.4) is 0 Å². The number of nitrogens with one attached hydrogen (secondary N) is 1. The number of rotatable bonds is 4. The first kappa shape index (κ1) is 13.5. The first-order chi connectivity index (χ1) is 10.2. The number of fused-ring (bicyclic) bond motifs is 1. The molecular formula is C15H17N4O2+. The van der Waals surface area contributed by atoms with Crippen LogP contribution in [0.5, 0.6) is 5.75 Å². The third-order valence-electron chi connectivity index (χ3n) is 3.35. The van der Waals surface area contributed by atoms with Gasteiger partial charge >= 0.3 is 11.7 Å². The van der Waals surface area contributed by atoms with Gasteiger partial charge in [-0.1, -0.05) is 0 Å². The summed E-state index contributed by atoms with van der Waals surface area (Å²) in [6.45, 7) is 2.81. The van der Waals surface area contributed by atoms with Gasteiger partial charge < -0.3 is 10.5 Å². The van der Waals surface area contributed by atoms with E-state index in [0.29, 0.717) is 13.2 Å². The first-order valence-electron chi connectivity index (χ1n) is 6.85. The van der Waals surface area contributed by atoms with E-state index in [2.05, 4.69) is 10.3 Å². The highest BCUT2D eigenvalue weighted by atomic mass is 16.5. The fourth-order valence-corrected chi connectivity index (χ4v) is 2.25. The number of carbonyl (C=O) groups is 1. The lowest BCUT2D eigenvalue weighted by Crippen LogP contribution is -2.42. The minimum absolute atomic E-state index is 0.0246. The Labute approximate surface area is 122 Å². The molecule has 21 heavy (non-hydrogen) atoms. The second-order valence-electron chi connectivity index (χ2n) is 4.89. The van der Waals surface area contributed by atoms with E-state index < -0.39 is 0 Å². The van der Waals surface area contributed by atoms with Gasteiger partial charge in [0.2, 0.25) is 0 Å². The Kier molecular flexibility index (Phi) is 3.53. The van der Waals surface area contributed by atoms with Crippen molar-refractivity contribution in [2.45, 2.75) is 13.0 Å². The quantitative estimate of drug-likeness (QED) is 0.813. The highest BCUT2D eigenvalue weighted by Crippen LogP contribution is 2.21. The standard InChI is InChI=1S/C15H16N4O2/c1-10-15(20)19-9-13(17-8-14(19)18-10)11-2-4-12(5-3-11)21-7-6-16/h2-5,8-10H,6-7,16H2,1H3/p+1. The molecule has 0 spiro atoms. The minimum atomic E-state index is -0.214. The van der Waals surface area contributed by atoms with Crippen LogP contribution < -0.4 is 20.4 Å². The number of carbonyl (C=O) groups excluding carboxylic acids is 1. The summed E-state index contributed by atoms with van der Waals surface area (Å²) >= 11 is 0. The van der Waals surface area contributed by atoms with Crippen molar-refractivity contribution in [2.24, 2.45) is 5.73 Å². The molecule has 1 aliphatic heterocycles. The molecule has 2 aromatic rings. The van der Waals surface area contributed by atoms with E-state index in [1.807, 2.05) is 31.2 Å². The zero-order valence-electron chi connectivity index (χ0n) is 11.7. The van der Waals surface area contributed by atoms with Gasteiger partial charge in [-0.25, -0.2) is 9.78 Å². The molecule has 0 radical (unpaired) electrons. The van der Waals surface area contributed by atoms with Crippen LogP contribution in [0.25, 0.3) is 11.3 Å². The summed E-state index contributed by atoms with van der Waals surface area (Å²) in [5.74, 6) is 1.51. The highest BCUT2D eigenvalue weighted by molar-refractivity contribution is 5.81. The fourth-order valence-electron chi connectivity index (χ4n) is 2.25. The van der Waals surface area contributed by atoms with Gasteiger partial charge in [-0.05, 0) is 31.2 Å². The average molecular weight is 285 g/mol. The summed E-state index contributed by atoms with van der Waals surface area (Å²) in [6, 6.07) is 7.35. The number of anilines is 1. The number of nitrogens with zero attached hydrogens (tertiary/aromatic N) is 2. The van der Waals surface area contributed by atoms with Crippen molar-refractivity contribution in [2.75, 3.05) is 18.5 Å². The van der Waals surface area contributed by atoms with Crippen molar-refractivity contribution in [1.29, 1.82) is 0 Å². The summed E-state index contributed by atoms with van der Waals surface area (Å²) < 4.78 is 7.04. The van der Waals surface area contributed by atoms with Gasteiger partial charge in [-0.3, -0.25) is 5.32 Å². The summed E-state index contributed by atoms with van der Waals surface area (Å²) in [4.78, 5) is 16.4. The highest BCUT2D eigenvalue weighted by Gasteiger charge is 2.34. The number of hydrogen-bond acceptors (Lipinski definition) is 5. The van der Waals surface area contributed by atoms with Crippen molar-refractivity contribution in [3.05, 3.63) is 36.7 Å². The molecule has 0 bridgehead atoms. The lowest BCUT2D eigenvalue weighted by Gasteiger charge is -2.05. The molecule has 0 amide bonds. The molecule has 6 nitrogen and oxygen atoms in total. The van der Waals surface area contributed by atoms with E-state index in [0.717, 1.165) is 22.8 Å². The van der Waals surface area contributed by atoms with Crippen molar-refractivity contribution in [3.63, 3.8) is 0 Å². The zero-order chi connectivity index (χ0) is 14.8. The summed E-state index contributed by atoms with van der Waals surface area (Å²) in [5.41, 5.74) is 7.07. The maximum atomic E-state index is 12.0. The SMILES string of the molecule is CC1Nc2cnc(-c3ccc(OCCN)cc3)c[n+]2C1=O. The Bertz CT molecular complexity index is 670.